The van der Waals surface area contributed by atoms with E-state index in [1.165, 1.54) is 205 Å². The highest BCUT2D eigenvalue weighted by Gasteiger charge is 2.08. The van der Waals surface area contributed by atoms with E-state index < -0.39 is 0 Å². The Hall–Kier alpha value is -1.06. The lowest BCUT2D eigenvalue weighted by atomic mass is 10.0. The van der Waals surface area contributed by atoms with Gasteiger partial charge in [0.2, 0.25) is 0 Å². The minimum Gasteiger partial charge on any atom is -0.466 e. The molecule has 0 spiro atoms. The van der Waals surface area contributed by atoms with Gasteiger partial charge in [0, 0.05) is 12.8 Å². The van der Waals surface area contributed by atoms with Crippen molar-refractivity contribution >= 4 is 11.9 Å². The maximum Gasteiger partial charge on any atom is 0.306 e. The van der Waals surface area contributed by atoms with Crippen molar-refractivity contribution in [3.63, 3.8) is 0 Å². The van der Waals surface area contributed by atoms with E-state index in [2.05, 4.69) is 27.7 Å². The fraction of sp³-hybridized carbons (Fsp3) is 0.958. The highest BCUT2D eigenvalue weighted by Crippen LogP contribution is 2.15. The Kier molecular flexibility index (Phi) is 48.9. The lowest BCUT2D eigenvalue weighted by Gasteiger charge is -2.12. The first-order valence-electron chi connectivity index (χ1n) is 23.9. The van der Waals surface area contributed by atoms with Gasteiger partial charge in [0.25, 0.3) is 0 Å². The lowest BCUT2D eigenvalue weighted by molar-refractivity contribution is -0.148. The maximum atomic E-state index is 11.7. The Bertz CT molecular complexity index is 677. The van der Waals surface area contributed by atoms with Crippen LogP contribution in [0.3, 0.4) is 0 Å². The maximum absolute atomic E-state index is 11.7. The minimum absolute atomic E-state index is 0.00155. The number of carbonyl (C=O) groups excluding carboxylic acids is 2. The highest BCUT2D eigenvalue weighted by atomic mass is 16.5. The SMILES string of the molecule is CCCCCCCCCCCCCCCC(=O)OC(C)CCCC.CCCCCCCCCCCCCCCC(=O)OCCCCCCCCCC. The average Bonchev–Trinajstić information content (AvgIpc) is 3.14. The predicted octanol–water partition coefficient (Wildman–Crippen LogP) is 16.7. The fourth-order valence-corrected chi connectivity index (χ4v) is 6.90. The van der Waals surface area contributed by atoms with Crippen molar-refractivity contribution in [3.05, 3.63) is 0 Å². The molecule has 52 heavy (non-hydrogen) atoms. The van der Waals surface area contributed by atoms with Gasteiger partial charge in [-0.2, -0.15) is 0 Å². The molecular formula is C48H96O4. The van der Waals surface area contributed by atoms with Crippen molar-refractivity contribution in [3.8, 4) is 0 Å². The van der Waals surface area contributed by atoms with Crippen LogP contribution in [0.5, 0.6) is 0 Å². The summed E-state index contributed by atoms with van der Waals surface area (Å²) in [6, 6.07) is 0. The molecule has 0 radical (unpaired) electrons. The quantitative estimate of drug-likeness (QED) is 0.0463. The van der Waals surface area contributed by atoms with Crippen molar-refractivity contribution in [1.29, 1.82) is 0 Å². The Balaban J connectivity index is 0. The van der Waals surface area contributed by atoms with E-state index in [1.807, 2.05) is 6.92 Å². The van der Waals surface area contributed by atoms with Crippen LogP contribution in [0.4, 0.5) is 0 Å². The molecule has 1 unspecified atom stereocenters. The molecule has 0 aliphatic rings. The molecule has 4 nitrogen and oxygen atoms in total. The number of hydrogen-bond acceptors (Lipinski definition) is 4. The molecule has 4 heteroatoms. The van der Waals surface area contributed by atoms with Crippen LogP contribution in [-0.4, -0.2) is 24.6 Å². The second kappa shape index (κ2) is 48.0. The van der Waals surface area contributed by atoms with Gasteiger partial charge < -0.3 is 9.47 Å². The van der Waals surface area contributed by atoms with Gasteiger partial charge >= 0.3 is 11.9 Å². The third kappa shape index (κ3) is 48.9. The Morgan fingerprint density at radius 2 is 0.615 bits per heavy atom. The van der Waals surface area contributed by atoms with Gasteiger partial charge in [0.05, 0.1) is 12.7 Å². The predicted molar refractivity (Wildman–Crippen MR) is 229 cm³/mol. The van der Waals surface area contributed by atoms with E-state index in [-0.39, 0.29) is 18.0 Å². The van der Waals surface area contributed by atoms with E-state index in [0.717, 1.165) is 32.1 Å². The zero-order chi connectivity index (χ0) is 38.4. The van der Waals surface area contributed by atoms with Crippen molar-refractivity contribution in [2.45, 2.75) is 291 Å². The molecule has 0 aliphatic heterocycles. The van der Waals surface area contributed by atoms with Gasteiger partial charge in [0.15, 0.2) is 0 Å². The van der Waals surface area contributed by atoms with Gasteiger partial charge in [-0.1, -0.05) is 240 Å². The largest absolute Gasteiger partial charge is 0.466 e. The van der Waals surface area contributed by atoms with Crippen LogP contribution in [0, 0.1) is 0 Å². The first-order valence-corrected chi connectivity index (χ1v) is 23.9. The van der Waals surface area contributed by atoms with Crippen LogP contribution in [0.2, 0.25) is 0 Å². The lowest BCUT2D eigenvalue weighted by Crippen LogP contribution is -2.14. The molecule has 0 rings (SSSR count). The summed E-state index contributed by atoms with van der Waals surface area (Å²) in [5, 5.41) is 0. The molecule has 312 valence electrons. The van der Waals surface area contributed by atoms with Crippen LogP contribution in [-0.2, 0) is 19.1 Å². The normalized spacial score (nSPS) is 11.6. The molecule has 0 aromatic carbocycles. The van der Waals surface area contributed by atoms with Crippen molar-refractivity contribution in [2.75, 3.05) is 6.61 Å². The van der Waals surface area contributed by atoms with E-state index in [0.29, 0.717) is 19.4 Å². The summed E-state index contributed by atoms with van der Waals surface area (Å²) in [5.41, 5.74) is 0. The van der Waals surface area contributed by atoms with E-state index in [4.69, 9.17) is 9.47 Å². The van der Waals surface area contributed by atoms with Crippen LogP contribution < -0.4 is 0 Å². The van der Waals surface area contributed by atoms with Crippen LogP contribution >= 0.6 is 0 Å². The second-order valence-corrected chi connectivity index (χ2v) is 16.1. The molecule has 0 N–H and O–H groups in total. The number of carbonyl (C=O) groups is 2. The van der Waals surface area contributed by atoms with Crippen molar-refractivity contribution < 1.29 is 19.1 Å². The van der Waals surface area contributed by atoms with Gasteiger partial charge in [0.1, 0.15) is 0 Å². The summed E-state index contributed by atoms with van der Waals surface area (Å²) in [6.45, 7) is 11.6. The summed E-state index contributed by atoms with van der Waals surface area (Å²) in [5.74, 6) is 0.0210. The highest BCUT2D eigenvalue weighted by molar-refractivity contribution is 5.69. The molecule has 0 bridgehead atoms. The summed E-state index contributed by atoms with van der Waals surface area (Å²) >= 11 is 0. The average molecular weight is 737 g/mol. The molecule has 0 aliphatic carbocycles. The number of ether oxygens (including phenoxy) is 2. The summed E-state index contributed by atoms with van der Waals surface area (Å²) in [4.78, 5) is 23.4. The van der Waals surface area contributed by atoms with Crippen molar-refractivity contribution in [2.24, 2.45) is 0 Å². The van der Waals surface area contributed by atoms with Crippen LogP contribution in [0.15, 0.2) is 0 Å². The molecule has 0 heterocycles. The van der Waals surface area contributed by atoms with E-state index in [9.17, 15) is 9.59 Å². The number of unbranched alkanes of at least 4 members (excludes halogenated alkanes) is 32. The van der Waals surface area contributed by atoms with Gasteiger partial charge in [-0.05, 0) is 32.6 Å². The van der Waals surface area contributed by atoms with Crippen LogP contribution in [0.1, 0.15) is 285 Å². The topological polar surface area (TPSA) is 52.6 Å². The molecule has 0 amide bonds. The molecule has 0 aromatic heterocycles. The third-order valence-corrected chi connectivity index (χ3v) is 10.5. The van der Waals surface area contributed by atoms with Gasteiger partial charge in [-0.15, -0.1) is 0 Å². The minimum atomic E-state index is 0.00155. The number of esters is 2. The first kappa shape index (κ1) is 53.0. The fourth-order valence-electron chi connectivity index (χ4n) is 6.90. The summed E-state index contributed by atoms with van der Waals surface area (Å²) < 4.78 is 10.8. The second-order valence-electron chi connectivity index (χ2n) is 16.1. The van der Waals surface area contributed by atoms with E-state index in [1.54, 1.807) is 0 Å². The molecule has 1 atom stereocenters. The first-order chi connectivity index (χ1) is 25.5. The standard InChI is InChI=1S/C26H52O2.C22H44O2/c1-3-5-7-9-11-13-14-15-16-17-18-20-22-24-26(27)28-25-23-21-19-12-10-8-6-4-2;1-4-6-8-9-10-11-12-13-14-15-16-17-18-20-22(23)24-21(3)19-7-5-2/h3-25H2,1-2H3;21H,4-20H2,1-3H3. The van der Waals surface area contributed by atoms with Crippen molar-refractivity contribution in [1.82, 2.24) is 0 Å². The molecule has 0 saturated heterocycles. The van der Waals surface area contributed by atoms with E-state index >= 15 is 0 Å². The third-order valence-electron chi connectivity index (χ3n) is 10.5. The molecule has 0 aromatic rings. The summed E-state index contributed by atoms with van der Waals surface area (Å²) in [7, 11) is 0. The molecular weight excluding hydrogens is 641 g/mol. The van der Waals surface area contributed by atoms with Gasteiger partial charge in [-0.3, -0.25) is 9.59 Å². The summed E-state index contributed by atoms with van der Waals surface area (Å²) in [6.07, 6.45) is 49.8. The Labute approximate surface area is 327 Å². The number of rotatable bonds is 41. The zero-order valence-corrected chi connectivity index (χ0v) is 36.5. The zero-order valence-electron chi connectivity index (χ0n) is 36.5. The Morgan fingerprint density at radius 3 is 0.942 bits per heavy atom. The van der Waals surface area contributed by atoms with Gasteiger partial charge in [-0.25, -0.2) is 0 Å². The number of hydrogen-bond donors (Lipinski definition) is 0. The smallest absolute Gasteiger partial charge is 0.306 e. The molecule has 0 fully saturated rings. The van der Waals surface area contributed by atoms with Crippen LogP contribution in [0.25, 0.3) is 0 Å². The molecule has 0 saturated carbocycles. The Morgan fingerprint density at radius 1 is 0.346 bits per heavy atom. The monoisotopic (exact) mass is 737 g/mol.